The van der Waals surface area contributed by atoms with E-state index >= 15 is 0 Å². The number of aliphatic carboxylic acids is 1. The summed E-state index contributed by atoms with van der Waals surface area (Å²) >= 11 is 0. The van der Waals surface area contributed by atoms with Crippen molar-refractivity contribution in [3.63, 3.8) is 0 Å². The number of carboxylic acids is 1. The summed E-state index contributed by atoms with van der Waals surface area (Å²) in [7, 11) is 0. The molecule has 1 fully saturated rings. The van der Waals surface area contributed by atoms with Crippen molar-refractivity contribution in [2.75, 3.05) is 18.4 Å². The number of carboxylic acid groups (broad SMARTS) is 1. The van der Waals surface area contributed by atoms with Gasteiger partial charge in [0.15, 0.2) is 0 Å². The average Bonchev–Trinajstić information content (AvgIpc) is 2.47. The molecule has 0 radical (unpaired) electrons. The first-order valence-corrected chi connectivity index (χ1v) is 6.79. The van der Waals surface area contributed by atoms with Crippen LogP contribution in [0, 0.1) is 0 Å². The molecule has 0 aromatic heterocycles. The highest BCUT2D eigenvalue weighted by Crippen LogP contribution is 2.14. The Labute approximate surface area is 122 Å². The van der Waals surface area contributed by atoms with Gasteiger partial charge in [0.25, 0.3) is 0 Å². The number of aliphatic hydroxyl groups excluding tert-OH is 1. The van der Waals surface area contributed by atoms with Gasteiger partial charge in [-0.05, 0) is 36.6 Å². The van der Waals surface area contributed by atoms with Gasteiger partial charge in [-0.15, -0.1) is 0 Å². The molecule has 0 aliphatic carbocycles. The number of nitrogens with one attached hydrogen (secondary N) is 1. The van der Waals surface area contributed by atoms with Crippen LogP contribution in [0.3, 0.4) is 0 Å². The molecule has 0 spiro atoms. The molecule has 6 heteroatoms. The molecule has 1 aliphatic heterocycles. The lowest BCUT2D eigenvalue weighted by molar-refractivity contribution is -0.131. The molecule has 1 aliphatic rings. The van der Waals surface area contributed by atoms with E-state index in [1.807, 2.05) is 0 Å². The molecular formula is C15H18N2O4. The van der Waals surface area contributed by atoms with Gasteiger partial charge >= 0.3 is 12.0 Å². The van der Waals surface area contributed by atoms with E-state index in [4.69, 9.17) is 5.11 Å². The highest BCUT2D eigenvalue weighted by atomic mass is 16.4. The second-order valence-corrected chi connectivity index (χ2v) is 4.94. The Morgan fingerprint density at radius 1 is 1.19 bits per heavy atom. The minimum absolute atomic E-state index is 0.185. The zero-order valence-corrected chi connectivity index (χ0v) is 11.5. The topological polar surface area (TPSA) is 89.9 Å². The van der Waals surface area contributed by atoms with Crippen LogP contribution in [-0.4, -0.2) is 46.3 Å². The Morgan fingerprint density at radius 2 is 1.81 bits per heavy atom. The Balaban J connectivity index is 1.91. The summed E-state index contributed by atoms with van der Waals surface area (Å²) in [5, 5.41) is 20.7. The molecule has 2 rings (SSSR count). The maximum absolute atomic E-state index is 12.0. The summed E-state index contributed by atoms with van der Waals surface area (Å²) in [5.41, 5.74) is 1.40. The standard InChI is InChI=1S/C15H18N2O4/c18-13-7-9-17(10-8-13)15(21)16-12-4-1-11(2-5-12)3-6-14(19)20/h1-6,13,18H,7-10H2,(H,16,21)(H,19,20). The van der Waals surface area contributed by atoms with Crippen LogP contribution < -0.4 is 5.32 Å². The Bertz CT molecular complexity index is 531. The Morgan fingerprint density at radius 3 is 2.38 bits per heavy atom. The number of aliphatic hydroxyl groups is 1. The molecule has 1 aromatic rings. The summed E-state index contributed by atoms with van der Waals surface area (Å²) in [6.45, 7) is 1.10. The molecule has 0 atom stereocenters. The molecule has 2 amide bonds. The SMILES string of the molecule is O=C(O)C=Cc1ccc(NC(=O)N2CCC(O)CC2)cc1. The molecule has 3 N–H and O–H groups in total. The summed E-state index contributed by atoms with van der Waals surface area (Å²) < 4.78 is 0. The minimum Gasteiger partial charge on any atom is -0.478 e. The first-order valence-electron chi connectivity index (χ1n) is 6.79. The number of amides is 2. The number of hydrogen-bond acceptors (Lipinski definition) is 3. The predicted molar refractivity (Wildman–Crippen MR) is 78.9 cm³/mol. The summed E-state index contributed by atoms with van der Waals surface area (Å²) in [6, 6.07) is 6.72. The second kappa shape index (κ2) is 6.90. The van der Waals surface area contributed by atoms with Crippen LogP contribution in [0.2, 0.25) is 0 Å². The van der Waals surface area contributed by atoms with Crippen LogP contribution in [0.15, 0.2) is 30.3 Å². The summed E-state index contributed by atoms with van der Waals surface area (Å²) in [4.78, 5) is 24.1. The third-order valence-electron chi connectivity index (χ3n) is 3.33. The molecule has 0 bridgehead atoms. The van der Waals surface area contributed by atoms with Gasteiger partial charge < -0.3 is 20.4 Å². The van der Waals surface area contributed by atoms with Gasteiger partial charge in [-0.25, -0.2) is 9.59 Å². The van der Waals surface area contributed by atoms with Crippen molar-refractivity contribution in [2.24, 2.45) is 0 Å². The fourth-order valence-corrected chi connectivity index (χ4v) is 2.12. The van der Waals surface area contributed by atoms with E-state index in [0.29, 0.717) is 31.6 Å². The number of hydrogen-bond donors (Lipinski definition) is 3. The molecule has 6 nitrogen and oxygen atoms in total. The fourth-order valence-electron chi connectivity index (χ4n) is 2.12. The number of carbonyl (C=O) groups is 2. The summed E-state index contributed by atoms with van der Waals surface area (Å²) in [6.07, 6.45) is 3.44. The zero-order valence-electron chi connectivity index (χ0n) is 11.5. The lowest BCUT2D eigenvalue weighted by atomic mass is 10.1. The molecule has 0 unspecified atom stereocenters. The number of anilines is 1. The van der Waals surface area contributed by atoms with Gasteiger partial charge in [-0.2, -0.15) is 0 Å². The number of rotatable bonds is 3. The van der Waals surface area contributed by atoms with Crippen molar-refractivity contribution in [1.82, 2.24) is 4.90 Å². The van der Waals surface area contributed by atoms with Crippen molar-refractivity contribution < 1.29 is 19.8 Å². The van der Waals surface area contributed by atoms with Crippen LogP contribution >= 0.6 is 0 Å². The van der Waals surface area contributed by atoms with E-state index in [-0.39, 0.29) is 12.1 Å². The van der Waals surface area contributed by atoms with Gasteiger partial charge in [0.2, 0.25) is 0 Å². The summed E-state index contributed by atoms with van der Waals surface area (Å²) in [5.74, 6) is -1.00. The van der Waals surface area contributed by atoms with E-state index < -0.39 is 5.97 Å². The Kier molecular flexibility index (Phi) is 4.94. The maximum Gasteiger partial charge on any atom is 0.328 e. The highest BCUT2D eigenvalue weighted by molar-refractivity contribution is 5.89. The minimum atomic E-state index is -1.00. The first-order chi connectivity index (χ1) is 10.0. The van der Waals surface area contributed by atoms with Gasteiger partial charge in [-0.3, -0.25) is 0 Å². The molecule has 21 heavy (non-hydrogen) atoms. The van der Waals surface area contributed by atoms with Crippen LogP contribution in [0.5, 0.6) is 0 Å². The van der Waals surface area contributed by atoms with Gasteiger partial charge in [0, 0.05) is 24.9 Å². The highest BCUT2D eigenvalue weighted by Gasteiger charge is 2.21. The van der Waals surface area contributed by atoms with E-state index in [0.717, 1.165) is 11.6 Å². The fraction of sp³-hybridized carbons (Fsp3) is 0.333. The molecule has 1 saturated heterocycles. The largest absolute Gasteiger partial charge is 0.478 e. The lowest BCUT2D eigenvalue weighted by Gasteiger charge is -2.29. The van der Waals surface area contributed by atoms with Crippen LogP contribution in [0.4, 0.5) is 10.5 Å². The molecule has 112 valence electrons. The van der Waals surface area contributed by atoms with E-state index in [1.165, 1.54) is 6.08 Å². The van der Waals surface area contributed by atoms with Crippen molar-refractivity contribution in [3.8, 4) is 0 Å². The number of carbonyl (C=O) groups excluding carboxylic acids is 1. The Hall–Kier alpha value is -2.34. The molecule has 1 aromatic carbocycles. The van der Waals surface area contributed by atoms with Crippen LogP contribution in [-0.2, 0) is 4.79 Å². The third-order valence-corrected chi connectivity index (χ3v) is 3.33. The van der Waals surface area contributed by atoms with Crippen molar-refractivity contribution in [3.05, 3.63) is 35.9 Å². The third kappa shape index (κ3) is 4.61. The molecule has 1 heterocycles. The number of piperidine rings is 1. The van der Waals surface area contributed by atoms with E-state index in [2.05, 4.69) is 5.32 Å². The van der Waals surface area contributed by atoms with Crippen molar-refractivity contribution in [1.29, 1.82) is 0 Å². The zero-order chi connectivity index (χ0) is 15.2. The van der Waals surface area contributed by atoms with E-state index in [9.17, 15) is 14.7 Å². The van der Waals surface area contributed by atoms with Crippen LogP contribution in [0.1, 0.15) is 18.4 Å². The van der Waals surface area contributed by atoms with E-state index in [1.54, 1.807) is 29.2 Å². The van der Waals surface area contributed by atoms with Gasteiger partial charge in [0.05, 0.1) is 6.10 Å². The predicted octanol–water partition coefficient (Wildman–Crippen LogP) is 1.77. The quantitative estimate of drug-likeness (QED) is 0.740. The molecular weight excluding hydrogens is 272 g/mol. The first kappa shape index (κ1) is 15.1. The van der Waals surface area contributed by atoms with Gasteiger partial charge in [0.1, 0.15) is 0 Å². The number of urea groups is 1. The van der Waals surface area contributed by atoms with Crippen molar-refractivity contribution >= 4 is 23.8 Å². The number of likely N-dealkylation sites (tertiary alicyclic amines) is 1. The van der Waals surface area contributed by atoms with Crippen LogP contribution in [0.25, 0.3) is 6.08 Å². The van der Waals surface area contributed by atoms with Gasteiger partial charge in [-0.1, -0.05) is 12.1 Å². The number of nitrogens with zero attached hydrogens (tertiary/aromatic N) is 1. The van der Waals surface area contributed by atoms with Crippen molar-refractivity contribution in [2.45, 2.75) is 18.9 Å². The normalized spacial score (nSPS) is 16.1. The smallest absolute Gasteiger partial charge is 0.328 e. The maximum atomic E-state index is 12.0. The molecule has 0 saturated carbocycles. The second-order valence-electron chi connectivity index (χ2n) is 4.94. The lowest BCUT2D eigenvalue weighted by Crippen LogP contribution is -2.42. The monoisotopic (exact) mass is 290 g/mol. The number of benzene rings is 1. The average molecular weight is 290 g/mol.